The highest BCUT2D eigenvalue weighted by atomic mass is 16.4. The highest BCUT2D eigenvalue weighted by Crippen LogP contribution is 2.20. The third-order valence-corrected chi connectivity index (χ3v) is 2.64. The molecule has 0 saturated carbocycles. The molecule has 1 heterocycles. The molecule has 0 atom stereocenters. The van der Waals surface area contributed by atoms with E-state index in [4.69, 9.17) is 5.11 Å². The normalized spacial score (nSPS) is 10.2. The lowest BCUT2D eigenvalue weighted by molar-refractivity contribution is 0.0697. The van der Waals surface area contributed by atoms with Gasteiger partial charge in [0.2, 0.25) is 0 Å². The van der Waals surface area contributed by atoms with Crippen LogP contribution < -0.4 is 5.32 Å². The molecule has 5 heteroatoms. The molecule has 1 aromatic heterocycles. The van der Waals surface area contributed by atoms with E-state index in [1.165, 1.54) is 6.20 Å². The van der Waals surface area contributed by atoms with E-state index >= 15 is 0 Å². The molecule has 0 radical (unpaired) electrons. The van der Waals surface area contributed by atoms with Gasteiger partial charge in [-0.3, -0.25) is 0 Å². The summed E-state index contributed by atoms with van der Waals surface area (Å²) in [7, 11) is 0. The van der Waals surface area contributed by atoms with E-state index in [0.29, 0.717) is 18.2 Å². The number of benzene rings is 1. The van der Waals surface area contributed by atoms with Crippen molar-refractivity contribution in [3.63, 3.8) is 0 Å². The summed E-state index contributed by atoms with van der Waals surface area (Å²) < 4.78 is 0. The summed E-state index contributed by atoms with van der Waals surface area (Å²) >= 11 is 0. The number of hydrogen-bond donors (Lipinski definition) is 2. The lowest BCUT2D eigenvalue weighted by atomic mass is 10.1. The first kappa shape index (κ1) is 13.0. The molecule has 0 aliphatic heterocycles. The van der Waals surface area contributed by atoms with E-state index in [9.17, 15) is 4.79 Å². The summed E-state index contributed by atoms with van der Waals surface area (Å²) in [6.45, 7) is 4.48. The van der Waals surface area contributed by atoms with Crippen LogP contribution in [-0.4, -0.2) is 27.6 Å². The SMILES string of the molecule is CCNc1nc(-c2cccc(C)c2)ncc1C(=O)O. The van der Waals surface area contributed by atoms with Crippen LogP contribution in [0.15, 0.2) is 30.5 Å². The Morgan fingerprint density at radius 2 is 2.21 bits per heavy atom. The number of carbonyl (C=O) groups is 1. The Morgan fingerprint density at radius 1 is 1.42 bits per heavy atom. The number of carboxylic acids is 1. The van der Waals surface area contributed by atoms with Crippen LogP contribution in [0.2, 0.25) is 0 Å². The predicted octanol–water partition coefficient (Wildman–Crippen LogP) is 2.58. The molecule has 0 fully saturated rings. The van der Waals surface area contributed by atoms with Gasteiger partial charge in [-0.2, -0.15) is 0 Å². The molecule has 2 rings (SSSR count). The zero-order valence-corrected chi connectivity index (χ0v) is 10.8. The minimum Gasteiger partial charge on any atom is -0.477 e. The number of nitrogens with one attached hydrogen (secondary N) is 1. The Balaban J connectivity index is 2.48. The largest absolute Gasteiger partial charge is 0.477 e. The van der Waals surface area contributed by atoms with Gasteiger partial charge in [-0.1, -0.05) is 23.8 Å². The minimum atomic E-state index is -1.04. The van der Waals surface area contributed by atoms with Crippen molar-refractivity contribution >= 4 is 11.8 Å². The standard InChI is InChI=1S/C14H15N3O2/c1-3-15-13-11(14(18)19)8-16-12(17-13)10-6-4-5-9(2)7-10/h4-8H,3H2,1-2H3,(H,18,19)(H,15,16,17). The average molecular weight is 257 g/mol. The van der Waals surface area contributed by atoms with E-state index < -0.39 is 5.97 Å². The Morgan fingerprint density at radius 3 is 2.84 bits per heavy atom. The van der Waals surface area contributed by atoms with Crippen molar-refractivity contribution in [3.05, 3.63) is 41.6 Å². The molecule has 0 spiro atoms. The van der Waals surface area contributed by atoms with E-state index in [-0.39, 0.29) is 5.56 Å². The molecule has 0 amide bonds. The molecular formula is C14H15N3O2. The number of nitrogens with zero attached hydrogens (tertiary/aromatic N) is 2. The van der Waals surface area contributed by atoms with Gasteiger partial charge in [-0.05, 0) is 19.9 Å². The Bertz CT molecular complexity index is 611. The van der Waals surface area contributed by atoms with Crippen LogP contribution in [-0.2, 0) is 0 Å². The fourth-order valence-electron chi connectivity index (χ4n) is 1.76. The molecule has 0 aliphatic rings. The monoisotopic (exact) mass is 257 g/mol. The smallest absolute Gasteiger partial charge is 0.341 e. The van der Waals surface area contributed by atoms with Crippen LogP contribution in [0.1, 0.15) is 22.8 Å². The van der Waals surface area contributed by atoms with E-state index in [0.717, 1.165) is 11.1 Å². The van der Waals surface area contributed by atoms with Crippen LogP contribution in [0.4, 0.5) is 5.82 Å². The Hall–Kier alpha value is -2.43. The minimum absolute atomic E-state index is 0.0817. The summed E-state index contributed by atoms with van der Waals surface area (Å²) in [5.74, 6) is -0.169. The molecule has 2 N–H and O–H groups in total. The number of hydrogen-bond acceptors (Lipinski definition) is 4. The van der Waals surface area contributed by atoms with Crippen LogP contribution in [0.5, 0.6) is 0 Å². The lowest BCUT2D eigenvalue weighted by Gasteiger charge is -2.08. The van der Waals surface area contributed by atoms with Crippen molar-refractivity contribution in [2.75, 3.05) is 11.9 Å². The number of aromatic nitrogens is 2. The van der Waals surface area contributed by atoms with Crippen LogP contribution >= 0.6 is 0 Å². The number of carboxylic acid groups (broad SMARTS) is 1. The van der Waals surface area contributed by atoms with Crippen LogP contribution in [0.3, 0.4) is 0 Å². The molecule has 1 aromatic carbocycles. The number of rotatable bonds is 4. The Labute approximate surface area is 111 Å². The zero-order valence-electron chi connectivity index (χ0n) is 10.8. The fourth-order valence-corrected chi connectivity index (χ4v) is 1.76. The zero-order chi connectivity index (χ0) is 13.8. The van der Waals surface area contributed by atoms with Gasteiger partial charge in [0.1, 0.15) is 11.4 Å². The van der Waals surface area contributed by atoms with Crippen molar-refractivity contribution in [1.82, 2.24) is 9.97 Å². The summed E-state index contributed by atoms with van der Waals surface area (Å²) in [5, 5.41) is 12.0. The van der Waals surface area contributed by atoms with Gasteiger partial charge in [0.05, 0.1) is 0 Å². The fraction of sp³-hybridized carbons (Fsp3) is 0.214. The summed E-state index contributed by atoms with van der Waals surface area (Å²) in [6, 6.07) is 7.77. The van der Waals surface area contributed by atoms with Crippen molar-refractivity contribution in [3.8, 4) is 11.4 Å². The van der Waals surface area contributed by atoms with Gasteiger partial charge in [0.15, 0.2) is 5.82 Å². The second kappa shape index (κ2) is 5.48. The third-order valence-electron chi connectivity index (χ3n) is 2.64. The maximum absolute atomic E-state index is 11.1. The maximum atomic E-state index is 11.1. The second-order valence-electron chi connectivity index (χ2n) is 4.16. The van der Waals surface area contributed by atoms with Crippen LogP contribution in [0, 0.1) is 6.92 Å². The molecular weight excluding hydrogens is 242 g/mol. The number of aryl methyl sites for hydroxylation is 1. The first-order valence-corrected chi connectivity index (χ1v) is 6.03. The highest BCUT2D eigenvalue weighted by molar-refractivity contribution is 5.93. The predicted molar refractivity (Wildman–Crippen MR) is 73.3 cm³/mol. The molecule has 0 bridgehead atoms. The quantitative estimate of drug-likeness (QED) is 0.880. The molecule has 0 saturated heterocycles. The Kier molecular flexibility index (Phi) is 3.75. The van der Waals surface area contributed by atoms with Gasteiger partial charge in [-0.25, -0.2) is 14.8 Å². The first-order valence-electron chi connectivity index (χ1n) is 6.03. The van der Waals surface area contributed by atoms with Crippen molar-refractivity contribution < 1.29 is 9.90 Å². The molecule has 19 heavy (non-hydrogen) atoms. The third kappa shape index (κ3) is 2.88. The summed E-state index contributed by atoms with van der Waals surface area (Å²) in [5.41, 5.74) is 2.06. The maximum Gasteiger partial charge on any atom is 0.341 e. The first-order chi connectivity index (χ1) is 9.11. The summed E-state index contributed by atoms with van der Waals surface area (Å²) in [6.07, 6.45) is 1.34. The number of anilines is 1. The molecule has 0 aliphatic carbocycles. The van der Waals surface area contributed by atoms with Crippen molar-refractivity contribution in [1.29, 1.82) is 0 Å². The van der Waals surface area contributed by atoms with E-state index in [1.807, 2.05) is 38.1 Å². The molecule has 5 nitrogen and oxygen atoms in total. The van der Waals surface area contributed by atoms with Gasteiger partial charge in [0.25, 0.3) is 0 Å². The molecule has 2 aromatic rings. The van der Waals surface area contributed by atoms with Crippen LogP contribution in [0.25, 0.3) is 11.4 Å². The van der Waals surface area contributed by atoms with Gasteiger partial charge < -0.3 is 10.4 Å². The van der Waals surface area contributed by atoms with Gasteiger partial charge in [0, 0.05) is 18.3 Å². The topological polar surface area (TPSA) is 75.1 Å². The second-order valence-corrected chi connectivity index (χ2v) is 4.16. The molecule has 0 unspecified atom stereocenters. The van der Waals surface area contributed by atoms with Gasteiger partial charge in [-0.15, -0.1) is 0 Å². The lowest BCUT2D eigenvalue weighted by Crippen LogP contribution is -2.09. The van der Waals surface area contributed by atoms with Gasteiger partial charge >= 0.3 is 5.97 Å². The molecule has 98 valence electrons. The average Bonchev–Trinajstić information content (AvgIpc) is 2.39. The summed E-state index contributed by atoms with van der Waals surface area (Å²) in [4.78, 5) is 19.5. The number of aromatic carboxylic acids is 1. The van der Waals surface area contributed by atoms with Crippen molar-refractivity contribution in [2.24, 2.45) is 0 Å². The van der Waals surface area contributed by atoms with E-state index in [1.54, 1.807) is 0 Å². The highest BCUT2D eigenvalue weighted by Gasteiger charge is 2.13. The van der Waals surface area contributed by atoms with E-state index in [2.05, 4.69) is 15.3 Å². The van der Waals surface area contributed by atoms with Crippen molar-refractivity contribution in [2.45, 2.75) is 13.8 Å².